The van der Waals surface area contributed by atoms with E-state index < -0.39 is 11.4 Å². The normalized spacial score (nSPS) is 23.1. The van der Waals surface area contributed by atoms with Crippen molar-refractivity contribution in [2.45, 2.75) is 51.2 Å². The molecule has 0 aromatic rings. The average molecular weight is 217 g/mol. The van der Waals surface area contributed by atoms with Crippen LogP contribution in [-0.2, 0) is 16.2 Å². The van der Waals surface area contributed by atoms with Crippen LogP contribution >= 0.6 is 0 Å². The second-order valence-electron chi connectivity index (χ2n) is 3.80. The maximum atomic E-state index is 11.9. The van der Waals surface area contributed by atoms with Crippen molar-refractivity contribution in [2.24, 2.45) is 0 Å². The summed E-state index contributed by atoms with van der Waals surface area (Å²) in [4.78, 5) is 11.6. The van der Waals surface area contributed by atoms with Gasteiger partial charge in [0.2, 0.25) is 0 Å². The van der Waals surface area contributed by atoms with Crippen molar-refractivity contribution in [1.82, 2.24) is 4.31 Å². The predicted octanol–water partition coefficient (Wildman–Crippen LogP) is 1.85. The van der Waals surface area contributed by atoms with E-state index in [4.69, 9.17) is 0 Å². The summed E-state index contributed by atoms with van der Waals surface area (Å²) in [7, 11) is 0. The highest BCUT2D eigenvalue weighted by molar-refractivity contribution is 7.90. The zero-order chi connectivity index (χ0) is 10.6. The molecule has 2 atom stereocenters. The molecule has 0 radical (unpaired) electrons. The van der Waals surface area contributed by atoms with Crippen LogP contribution in [0.4, 0.5) is 0 Å². The van der Waals surface area contributed by atoms with Gasteiger partial charge in [0.25, 0.3) is 5.91 Å². The standard InChI is InChI=1S/C10H19NO2S/c1-3-9(2)14(13)11-8-6-4-5-7-10(11)12/h9H,3-8H2,1-2H3. The molecule has 0 aliphatic carbocycles. The lowest BCUT2D eigenvalue weighted by molar-refractivity contribution is -0.126. The third-order valence-electron chi connectivity index (χ3n) is 2.67. The van der Waals surface area contributed by atoms with Gasteiger partial charge in [-0.15, -0.1) is 0 Å². The summed E-state index contributed by atoms with van der Waals surface area (Å²) >= 11 is -1.11. The Hall–Kier alpha value is -0.220. The number of rotatable bonds is 3. The van der Waals surface area contributed by atoms with Gasteiger partial charge in [0, 0.05) is 6.42 Å². The van der Waals surface area contributed by atoms with Gasteiger partial charge < -0.3 is 4.55 Å². The van der Waals surface area contributed by atoms with Crippen molar-refractivity contribution in [1.29, 1.82) is 0 Å². The molecule has 0 aromatic carbocycles. The predicted molar refractivity (Wildman–Crippen MR) is 58.1 cm³/mol. The van der Waals surface area contributed by atoms with Gasteiger partial charge in [-0.25, -0.2) is 0 Å². The molecule has 1 rings (SSSR count). The van der Waals surface area contributed by atoms with E-state index in [1.54, 1.807) is 4.31 Å². The third-order valence-corrected chi connectivity index (χ3v) is 4.51. The number of nitrogens with zero attached hydrogens (tertiary/aromatic N) is 1. The van der Waals surface area contributed by atoms with Crippen molar-refractivity contribution < 1.29 is 9.35 Å². The van der Waals surface area contributed by atoms with Crippen molar-refractivity contribution >= 4 is 17.3 Å². The third kappa shape index (κ3) is 2.89. The zero-order valence-corrected chi connectivity index (χ0v) is 9.81. The molecule has 4 heteroatoms. The number of hydrogen-bond acceptors (Lipinski definition) is 2. The van der Waals surface area contributed by atoms with Crippen molar-refractivity contribution in [2.75, 3.05) is 6.54 Å². The van der Waals surface area contributed by atoms with Crippen LogP contribution in [0.1, 0.15) is 46.0 Å². The van der Waals surface area contributed by atoms with Crippen LogP contribution in [0.25, 0.3) is 0 Å². The van der Waals surface area contributed by atoms with E-state index in [-0.39, 0.29) is 11.2 Å². The molecule has 14 heavy (non-hydrogen) atoms. The van der Waals surface area contributed by atoms with E-state index in [1.165, 1.54) is 0 Å². The van der Waals surface area contributed by atoms with Gasteiger partial charge >= 0.3 is 0 Å². The van der Waals surface area contributed by atoms with Crippen molar-refractivity contribution in [3.63, 3.8) is 0 Å². The molecule has 1 heterocycles. The molecule has 0 aromatic heterocycles. The minimum atomic E-state index is -1.11. The Labute approximate surface area is 89.2 Å². The Morgan fingerprint density at radius 1 is 1.50 bits per heavy atom. The Morgan fingerprint density at radius 2 is 2.21 bits per heavy atom. The number of amides is 1. The van der Waals surface area contributed by atoms with E-state index in [2.05, 4.69) is 0 Å². The molecule has 0 saturated carbocycles. The fourth-order valence-corrected chi connectivity index (χ4v) is 2.83. The summed E-state index contributed by atoms with van der Waals surface area (Å²) < 4.78 is 13.5. The van der Waals surface area contributed by atoms with Gasteiger partial charge in [-0.05, 0) is 26.2 Å². The van der Waals surface area contributed by atoms with Gasteiger partial charge in [-0.3, -0.25) is 4.79 Å². The Bertz CT molecular complexity index is 199. The number of carbonyl (C=O) groups is 1. The fourth-order valence-electron chi connectivity index (χ4n) is 1.51. The van der Waals surface area contributed by atoms with Gasteiger partial charge in [0.05, 0.1) is 17.9 Å². The highest BCUT2D eigenvalue weighted by atomic mass is 32.2. The van der Waals surface area contributed by atoms with E-state index in [0.717, 1.165) is 25.7 Å². The molecule has 0 spiro atoms. The maximum absolute atomic E-state index is 11.9. The molecule has 1 saturated heterocycles. The second kappa shape index (κ2) is 5.61. The molecule has 1 amide bonds. The minimum Gasteiger partial charge on any atom is -0.593 e. The molecule has 2 unspecified atom stereocenters. The smallest absolute Gasteiger partial charge is 0.263 e. The van der Waals surface area contributed by atoms with Crippen LogP contribution in [0.15, 0.2) is 0 Å². The molecule has 1 fully saturated rings. The van der Waals surface area contributed by atoms with Crippen LogP contribution in [0, 0.1) is 0 Å². The van der Waals surface area contributed by atoms with E-state index >= 15 is 0 Å². The first kappa shape index (κ1) is 11.9. The summed E-state index contributed by atoms with van der Waals surface area (Å²) in [6.07, 6.45) is 4.46. The molecule has 0 N–H and O–H groups in total. The monoisotopic (exact) mass is 217 g/mol. The Morgan fingerprint density at radius 3 is 2.86 bits per heavy atom. The fraction of sp³-hybridized carbons (Fsp3) is 0.900. The summed E-state index contributed by atoms with van der Waals surface area (Å²) in [6, 6.07) is 0. The molecule has 82 valence electrons. The largest absolute Gasteiger partial charge is 0.593 e. The highest BCUT2D eigenvalue weighted by Crippen LogP contribution is 2.18. The molecule has 0 bridgehead atoms. The van der Waals surface area contributed by atoms with Gasteiger partial charge in [-0.1, -0.05) is 13.3 Å². The lowest BCUT2D eigenvalue weighted by Gasteiger charge is -2.26. The van der Waals surface area contributed by atoms with Crippen LogP contribution in [0.2, 0.25) is 0 Å². The first-order valence-corrected chi connectivity index (χ1v) is 6.55. The Kier molecular flexibility index (Phi) is 4.75. The number of hydrogen-bond donors (Lipinski definition) is 0. The quantitative estimate of drug-likeness (QED) is 0.677. The van der Waals surface area contributed by atoms with Crippen LogP contribution in [0.5, 0.6) is 0 Å². The van der Waals surface area contributed by atoms with Crippen LogP contribution in [0.3, 0.4) is 0 Å². The molecule has 1 aliphatic rings. The maximum Gasteiger partial charge on any atom is 0.263 e. The number of carbonyl (C=O) groups excluding carboxylic acids is 1. The summed E-state index contributed by atoms with van der Waals surface area (Å²) in [6.45, 7) is 4.62. The summed E-state index contributed by atoms with van der Waals surface area (Å²) in [5, 5.41) is 0.0945. The summed E-state index contributed by atoms with van der Waals surface area (Å²) in [5.74, 6) is 0.0705. The average Bonchev–Trinajstić information content (AvgIpc) is 2.40. The van der Waals surface area contributed by atoms with E-state index in [0.29, 0.717) is 13.0 Å². The lowest BCUT2D eigenvalue weighted by Crippen LogP contribution is -2.41. The van der Waals surface area contributed by atoms with Gasteiger partial charge in [-0.2, -0.15) is 4.31 Å². The SMILES string of the molecule is CCC(C)[S+]([O-])N1CCCCCC1=O. The van der Waals surface area contributed by atoms with Gasteiger partial charge in [0.15, 0.2) is 0 Å². The van der Waals surface area contributed by atoms with Crippen molar-refractivity contribution in [3.8, 4) is 0 Å². The minimum absolute atomic E-state index is 0.0705. The summed E-state index contributed by atoms with van der Waals surface area (Å²) in [5.41, 5.74) is 0. The van der Waals surface area contributed by atoms with Crippen LogP contribution < -0.4 is 0 Å². The highest BCUT2D eigenvalue weighted by Gasteiger charge is 2.30. The van der Waals surface area contributed by atoms with Gasteiger partial charge in [0.1, 0.15) is 5.25 Å². The zero-order valence-electron chi connectivity index (χ0n) is 8.99. The molecule has 1 aliphatic heterocycles. The molecular weight excluding hydrogens is 198 g/mol. The van der Waals surface area contributed by atoms with E-state index in [9.17, 15) is 9.35 Å². The van der Waals surface area contributed by atoms with Crippen molar-refractivity contribution in [3.05, 3.63) is 0 Å². The Balaban J connectivity index is 2.58. The second-order valence-corrected chi connectivity index (χ2v) is 5.60. The van der Waals surface area contributed by atoms with Crippen LogP contribution in [-0.4, -0.2) is 26.6 Å². The first-order chi connectivity index (χ1) is 6.66. The van der Waals surface area contributed by atoms with E-state index in [1.807, 2.05) is 13.8 Å². The lowest BCUT2D eigenvalue weighted by atomic mass is 10.2. The molecular formula is C10H19NO2S. The first-order valence-electron chi connectivity index (χ1n) is 5.38. The molecule has 3 nitrogen and oxygen atoms in total. The topological polar surface area (TPSA) is 43.4 Å².